The zero-order chi connectivity index (χ0) is 19.2. The first-order chi connectivity index (χ1) is 13.8. The Hall–Kier alpha value is -2.99. The number of anilines is 2. The number of ether oxygens (including phenoxy) is 2. The van der Waals surface area contributed by atoms with Crippen molar-refractivity contribution >= 4 is 11.4 Å². The zero-order valence-electron chi connectivity index (χ0n) is 15.9. The fourth-order valence-electron chi connectivity index (χ4n) is 3.57. The third-order valence-corrected chi connectivity index (χ3v) is 5.03. The second-order valence-electron chi connectivity index (χ2n) is 6.82. The molecule has 0 atom stereocenters. The van der Waals surface area contributed by atoms with Crippen LogP contribution in [0.1, 0.15) is 16.7 Å². The highest BCUT2D eigenvalue weighted by Crippen LogP contribution is 2.33. The van der Waals surface area contributed by atoms with Gasteiger partial charge in [0.15, 0.2) is 0 Å². The maximum absolute atomic E-state index is 9.61. The van der Waals surface area contributed by atoms with E-state index in [1.807, 2.05) is 42.5 Å². The molecule has 4 rings (SSSR count). The molecule has 2 aliphatic rings. The molecule has 0 aliphatic carbocycles. The SMILES string of the molecule is N#Cc1cc(N2CCOCC2)c(C#Cc2ccccc2)c(N2CCOCC2)c1. The number of hydrogen-bond acceptors (Lipinski definition) is 5. The van der Waals surface area contributed by atoms with Gasteiger partial charge in [0.2, 0.25) is 0 Å². The lowest BCUT2D eigenvalue weighted by Crippen LogP contribution is -2.39. The summed E-state index contributed by atoms with van der Waals surface area (Å²) < 4.78 is 11.0. The van der Waals surface area contributed by atoms with E-state index in [0.717, 1.165) is 48.7 Å². The summed E-state index contributed by atoms with van der Waals surface area (Å²) in [4.78, 5) is 4.56. The predicted molar refractivity (Wildman–Crippen MR) is 110 cm³/mol. The second-order valence-corrected chi connectivity index (χ2v) is 6.82. The van der Waals surface area contributed by atoms with Crippen LogP contribution in [0.25, 0.3) is 0 Å². The van der Waals surface area contributed by atoms with Crippen molar-refractivity contribution in [3.63, 3.8) is 0 Å². The summed E-state index contributed by atoms with van der Waals surface area (Å²) in [6.07, 6.45) is 0. The van der Waals surface area contributed by atoms with Crippen LogP contribution in [0.4, 0.5) is 11.4 Å². The highest BCUT2D eigenvalue weighted by molar-refractivity contribution is 5.77. The lowest BCUT2D eigenvalue weighted by Gasteiger charge is -2.34. The van der Waals surface area contributed by atoms with Crippen LogP contribution in [0.5, 0.6) is 0 Å². The van der Waals surface area contributed by atoms with Gasteiger partial charge in [-0.3, -0.25) is 0 Å². The normalized spacial score (nSPS) is 16.8. The van der Waals surface area contributed by atoms with E-state index in [2.05, 4.69) is 27.7 Å². The molecule has 2 aliphatic heterocycles. The maximum Gasteiger partial charge on any atom is 0.0993 e. The Balaban J connectivity index is 1.83. The van der Waals surface area contributed by atoms with Gasteiger partial charge in [0.25, 0.3) is 0 Å². The van der Waals surface area contributed by atoms with Gasteiger partial charge in [0.05, 0.1) is 55.0 Å². The summed E-state index contributed by atoms with van der Waals surface area (Å²) in [5.74, 6) is 6.73. The molecule has 2 heterocycles. The molecule has 0 aromatic heterocycles. The Morgan fingerprint density at radius 3 is 1.75 bits per heavy atom. The van der Waals surface area contributed by atoms with Gasteiger partial charge >= 0.3 is 0 Å². The molecule has 0 N–H and O–H groups in total. The number of rotatable bonds is 2. The van der Waals surface area contributed by atoms with E-state index in [-0.39, 0.29) is 0 Å². The van der Waals surface area contributed by atoms with Gasteiger partial charge in [-0.15, -0.1) is 0 Å². The molecule has 28 heavy (non-hydrogen) atoms. The molecule has 0 saturated carbocycles. The van der Waals surface area contributed by atoms with Crippen LogP contribution in [0.2, 0.25) is 0 Å². The van der Waals surface area contributed by atoms with Crippen LogP contribution in [-0.2, 0) is 9.47 Å². The van der Waals surface area contributed by atoms with E-state index in [4.69, 9.17) is 9.47 Å². The molecule has 5 nitrogen and oxygen atoms in total. The minimum Gasteiger partial charge on any atom is -0.378 e. The molecule has 0 unspecified atom stereocenters. The van der Waals surface area contributed by atoms with E-state index in [1.165, 1.54) is 0 Å². The molecule has 2 aromatic rings. The summed E-state index contributed by atoms with van der Waals surface area (Å²) in [5, 5.41) is 9.61. The van der Waals surface area contributed by atoms with Gasteiger partial charge in [-0.2, -0.15) is 5.26 Å². The first-order valence-electron chi connectivity index (χ1n) is 9.66. The van der Waals surface area contributed by atoms with Crippen molar-refractivity contribution in [2.24, 2.45) is 0 Å². The van der Waals surface area contributed by atoms with Crippen molar-refractivity contribution in [1.82, 2.24) is 0 Å². The highest BCUT2D eigenvalue weighted by Gasteiger charge is 2.22. The van der Waals surface area contributed by atoms with Crippen molar-refractivity contribution in [1.29, 1.82) is 5.26 Å². The van der Waals surface area contributed by atoms with E-state index < -0.39 is 0 Å². The smallest absolute Gasteiger partial charge is 0.0993 e. The summed E-state index contributed by atoms with van der Waals surface area (Å²) in [5.41, 5.74) is 4.66. The highest BCUT2D eigenvalue weighted by atomic mass is 16.5. The molecular formula is C23H23N3O2. The molecule has 5 heteroatoms. The first-order valence-corrected chi connectivity index (χ1v) is 9.66. The number of nitrogens with zero attached hydrogens (tertiary/aromatic N) is 3. The molecular weight excluding hydrogens is 350 g/mol. The molecule has 142 valence electrons. The van der Waals surface area contributed by atoms with Crippen LogP contribution < -0.4 is 9.80 Å². The Morgan fingerprint density at radius 1 is 0.714 bits per heavy atom. The zero-order valence-corrected chi connectivity index (χ0v) is 15.9. The third kappa shape index (κ3) is 4.12. The Labute approximate surface area is 166 Å². The molecule has 0 spiro atoms. The summed E-state index contributed by atoms with van der Waals surface area (Å²) in [6.45, 7) is 5.97. The van der Waals surface area contributed by atoms with Crippen molar-refractivity contribution in [3.8, 4) is 17.9 Å². The lowest BCUT2D eigenvalue weighted by molar-refractivity contribution is 0.122. The molecule has 2 saturated heterocycles. The molecule has 0 radical (unpaired) electrons. The molecule has 2 fully saturated rings. The Kier molecular flexibility index (Phi) is 5.77. The summed E-state index contributed by atoms with van der Waals surface area (Å²) >= 11 is 0. The predicted octanol–water partition coefficient (Wildman–Crippen LogP) is 2.63. The topological polar surface area (TPSA) is 48.7 Å². The van der Waals surface area contributed by atoms with Crippen LogP contribution in [0.15, 0.2) is 42.5 Å². The Bertz CT molecular complexity index is 873. The van der Waals surface area contributed by atoms with E-state index in [9.17, 15) is 5.26 Å². The Morgan fingerprint density at radius 2 is 1.25 bits per heavy atom. The largest absolute Gasteiger partial charge is 0.378 e. The number of morpholine rings is 2. The minimum absolute atomic E-state index is 0.660. The van der Waals surface area contributed by atoms with Gasteiger partial charge in [-0.1, -0.05) is 30.0 Å². The van der Waals surface area contributed by atoms with Crippen LogP contribution >= 0.6 is 0 Å². The fraction of sp³-hybridized carbons (Fsp3) is 0.348. The molecule has 0 bridgehead atoms. The van der Waals surface area contributed by atoms with Crippen molar-refractivity contribution in [3.05, 3.63) is 59.2 Å². The van der Waals surface area contributed by atoms with E-state index in [0.29, 0.717) is 32.0 Å². The molecule has 2 aromatic carbocycles. The maximum atomic E-state index is 9.61. The van der Waals surface area contributed by atoms with Crippen LogP contribution in [0, 0.1) is 23.2 Å². The number of nitriles is 1. The lowest BCUT2D eigenvalue weighted by atomic mass is 10.0. The van der Waals surface area contributed by atoms with E-state index >= 15 is 0 Å². The standard InChI is InChI=1S/C23H23N3O2/c24-18-20-16-22(25-8-12-27-13-9-25)21(7-6-19-4-2-1-3-5-19)23(17-20)26-10-14-28-15-11-26/h1-5,16-17H,8-15H2. The summed E-state index contributed by atoms with van der Waals surface area (Å²) in [7, 11) is 0. The number of hydrogen-bond donors (Lipinski definition) is 0. The van der Waals surface area contributed by atoms with Crippen molar-refractivity contribution in [2.75, 3.05) is 62.4 Å². The molecule has 0 amide bonds. The quantitative estimate of drug-likeness (QED) is 0.758. The van der Waals surface area contributed by atoms with Crippen molar-refractivity contribution in [2.45, 2.75) is 0 Å². The van der Waals surface area contributed by atoms with E-state index in [1.54, 1.807) is 0 Å². The van der Waals surface area contributed by atoms with Gasteiger partial charge in [-0.25, -0.2) is 0 Å². The average Bonchev–Trinajstić information content (AvgIpc) is 2.79. The summed E-state index contributed by atoms with van der Waals surface area (Å²) in [6, 6.07) is 16.3. The van der Waals surface area contributed by atoms with Crippen LogP contribution in [-0.4, -0.2) is 52.6 Å². The van der Waals surface area contributed by atoms with Crippen LogP contribution in [0.3, 0.4) is 0 Å². The van der Waals surface area contributed by atoms with Gasteiger partial charge in [-0.05, 0) is 24.3 Å². The minimum atomic E-state index is 0.660. The first kappa shape index (κ1) is 18.4. The van der Waals surface area contributed by atoms with Crippen molar-refractivity contribution < 1.29 is 9.47 Å². The van der Waals surface area contributed by atoms with Gasteiger partial charge < -0.3 is 19.3 Å². The second kappa shape index (κ2) is 8.80. The van der Waals surface area contributed by atoms with Gasteiger partial charge in [0, 0.05) is 31.7 Å². The third-order valence-electron chi connectivity index (χ3n) is 5.03. The van der Waals surface area contributed by atoms with Gasteiger partial charge in [0.1, 0.15) is 0 Å². The fourth-order valence-corrected chi connectivity index (χ4v) is 3.57. The number of benzene rings is 2. The monoisotopic (exact) mass is 373 g/mol. The average molecular weight is 373 g/mol.